The normalized spacial score (nSPS) is 20.7. The number of carbonyl (C=O) groups is 2. The fourth-order valence-electron chi connectivity index (χ4n) is 2.25. The van der Waals surface area contributed by atoms with Crippen molar-refractivity contribution in [2.75, 3.05) is 19.8 Å². The molecule has 20 heavy (non-hydrogen) atoms. The molecule has 1 fully saturated rings. The number of morpholine rings is 1. The summed E-state index contributed by atoms with van der Waals surface area (Å²) in [4.78, 5) is 25.9. The van der Waals surface area contributed by atoms with E-state index in [9.17, 15) is 9.59 Å². The Labute approximate surface area is 126 Å². The zero-order valence-electron chi connectivity index (χ0n) is 11.0. The maximum absolute atomic E-state index is 12.5. The highest BCUT2D eigenvalue weighted by Crippen LogP contribution is 2.30. The van der Waals surface area contributed by atoms with Crippen LogP contribution in [-0.2, 0) is 14.3 Å². The number of hydrogen-bond donors (Lipinski definition) is 1. The van der Waals surface area contributed by atoms with Gasteiger partial charge in [0.1, 0.15) is 0 Å². The minimum absolute atomic E-state index is 0.0712. The van der Waals surface area contributed by atoms with Crippen LogP contribution in [0.15, 0.2) is 12.1 Å². The molecule has 0 radical (unpaired) electrons. The van der Waals surface area contributed by atoms with Gasteiger partial charge in [-0.3, -0.25) is 9.59 Å². The molecule has 1 saturated heterocycles. The first kappa shape index (κ1) is 15.3. The topological polar surface area (TPSA) is 66.8 Å². The molecule has 2 unspecified atom stereocenters. The molecule has 1 amide bonds. The summed E-state index contributed by atoms with van der Waals surface area (Å²) in [5, 5.41) is 8.92. The number of ether oxygens (including phenoxy) is 1. The van der Waals surface area contributed by atoms with E-state index in [-0.39, 0.29) is 24.9 Å². The third-order valence-corrected chi connectivity index (χ3v) is 4.73. The van der Waals surface area contributed by atoms with Crippen LogP contribution in [0.4, 0.5) is 0 Å². The number of halogens is 1. The van der Waals surface area contributed by atoms with Crippen LogP contribution < -0.4 is 0 Å². The number of amides is 1. The summed E-state index contributed by atoms with van der Waals surface area (Å²) >= 11 is 7.26. The highest BCUT2D eigenvalue weighted by atomic mass is 35.5. The smallest absolute Gasteiger partial charge is 0.305 e. The van der Waals surface area contributed by atoms with Gasteiger partial charge >= 0.3 is 5.97 Å². The Morgan fingerprint density at radius 2 is 2.35 bits per heavy atom. The first-order valence-corrected chi connectivity index (χ1v) is 7.53. The monoisotopic (exact) mass is 317 g/mol. The van der Waals surface area contributed by atoms with Crippen LogP contribution in [0.5, 0.6) is 0 Å². The Hall–Kier alpha value is -1.11. The van der Waals surface area contributed by atoms with E-state index < -0.39 is 12.0 Å². The van der Waals surface area contributed by atoms with Crippen LogP contribution in [0.3, 0.4) is 0 Å². The highest BCUT2D eigenvalue weighted by molar-refractivity contribution is 7.16. The first-order valence-electron chi connectivity index (χ1n) is 6.34. The quantitative estimate of drug-likeness (QED) is 0.924. The average Bonchev–Trinajstić information content (AvgIpc) is 2.84. The lowest BCUT2D eigenvalue weighted by Gasteiger charge is -2.36. The fraction of sp³-hybridized carbons (Fsp3) is 0.538. The molecule has 1 N–H and O–H groups in total. The molecule has 2 rings (SSSR count). The Bertz CT molecular complexity index is 504. The third-order valence-electron chi connectivity index (χ3n) is 3.31. The van der Waals surface area contributed by atoms with Gasteiger partial charge in [-0.15, -0.1) is 11.3 Å². The molecule has 110 valence electrons. The summed E-state index contributed by atoms with van der Waals surface area (Å²) < 4.78 is 5.92. The van der Waals surface area contributed by atoms with Gasteiger partial charge in [-0.1, -0.05) is 11.6 Å². The molecule has 1 aliphatic rings. The molecule has 2 heterocycles. The minimum Gasteiger partial charge on any atom is -0.481 e. The molecule has 5 nitrogen and oxygen atoms in total. The lowest BCUT2D eigenvalue weighted by atomic mass is 10.1. The summed E-state index contributed by atoms with van der Waals surface area (Å²) in [5.74, 6) is -1.31. The Morgan fingerprint density at radius 3 is 2.95 bits per heavy atom. The number of thiophene rings is 1. The second-order valence-electron chi connectivity index (χ2n) is 4.72. The number of carboxylic acids is 1. The third kappa shape index (κ3) is 3.50. The van der Waals surface area contributed by atoms with E-state index >= 15 is 0 Å². The van der Waals surface area contributed by atoms with Gasteiger partial charge in [0, 0.05) is 11.4 Å². The molecular weight excluding hydrogens is 302 g/mol. The highest BCUT2D eigenvalue weighted by Gasteiger charge is 2.32. The molecule has 0 spiro atoms. The van der Waals surface area contributed by atoms with Crippen LogP contribution >= 0.6 is 22.9 Å². The van der Waals surface area contributed by atoms with Crippen LogP contribution in [0.25, 0.3) is 0 Å². The second-order valence-corrected chi connectivity index (χ2v) is 6.47. The van der Waals surface area contributed by atoms with Gasteiger partial charge in [0.2, 0.25) is 5.91 Å². The van der Waals surface area contributed by atoms with E-state index in [0.717, 1.165) is 4.88 Å². The van der Waals surface area contributed by atoms with Crippen molar-refractivity contribution in [3.63, 3.8) is 0 Å². The van der Waals surface area contributed by atoms with Crippen molar-refractivity contribution in [1.82, 2.24) is 4.90 Å². The molecule has 0 bridgehead atoms. The van der Waals surface area contributed by atoms with Crippen molar-refractivity contribution < 1.29 is 19.4 Å². The molecule has 0 saturated carbocycles. The fourth-order valence-corrected chi connectivity index (χ4v) is 3.35. The molecule has 7 heteroatoms. The number of rotatable bonds is 4. The maximum Gasteiger partial charge on any atom is 0.305 e. The maximum atomic E-state index is 12.5. The zero-order chi connectivity index (χ0) is 14.7. The molecular formula is C13H16ClNO4S. The Balaban J connectivity index is 2.10. The van der Waals surface area contributed by atoms with Crippen LogP contribution in [0.2, 0.25) is 4.34 Å². The number of aliphatic carboxylic acids is 1. The van der Waals surface area contributed by atoms with Gasteiger partial charge in [0.05, 0.1) is 35.9 Å². The average molecular weight is 318 g/mol. The molecule has 1 aromatic heterocycles. The SMILES string of the molecule is CC(C(=O)N1CCOCC1CC(=O)O)c1ccc(Cl)s1. The standard InChI is InChI=1S/C13H16ClNO4S/c1-8(10-2-3-11(14)20-10)13(18)15-4-5-19-7-9(15)6-12(16)17/h2-3,8-9H,4-7H2,1H3,(H,16,17). The van der Waals surface area contributed by atoms with E-state index in [1.807, 2.05) is 13.0 Å². The van der Waals surface area contributed by atoms with Crippen molar-refractivity contribution in [1.29, 1.82) is 0 Å². The second kappa shape index (κ2) is 6.56. The van der Waals surface area contributed by atoms with Gasteiger partial charge in [0.15, 0.2) is 0 Å². The summed E-state index contributed by atoms with van der Waals surface area (Å²) in [6.07, 6.45) is -0.0936. The van der Waals surface area contributed by atoms with Gasteiger partial charge in [-0.2, -0.15) is 0 Å². The van der Waals surface area contributed by atoms with Crippen molar-refractivity contribution in [3.8, 4) is 0 Å². The largest absolute Gasteiger partial charge is 0.481 e. The predicted octanol–water partition coefficient (Wildman–Crippen LogP) is 2.21. The lowest BCUT2D eigenvalue weighted by molar-refractivity contribution is -0.147. The van der Waals surface area contributed by atoms with Crippen molar-refractivity contribution in [3.05, 3.63) is 21.3 Å². The van der Waals surface area contributed by atoms with E-state index in [2.05, 4.69) is 0 Å². The number of hydrogen-bond acceptors (Lipinski definition) is 4. The van der Waals surface area contributed by atoms with Crippen molar-refractivity contribution in [2.45, 2.75) is 25.3 Å². The van der Waals surface area contributed by atoms with E-state index in [0.29, 0.717) is 17.5 Å². The number of carbonyl (C=O) groups excluding carboxylic acids is 1. The van der Waals surface area contributed by atoms with Gasteiger partial charge in [-0.05, 0) is 19.1 Å². The zero-order valence-corrected chi connectivity index (χ0v) is 12.6. The molecule has 1 aliphatic heterocycles. The lowest BCUT2D eigenvalue weighted by Crippen LogP contribution is -2.50. The number of carboxylic acid groups (broad SMARTS) is 1. The van der Waals surface area contributed by atoms with Crippen LogP contribution in [0, 0.1) is 0 Å². The van der Waals surface area contributed by atoms with Crippen LogP contribution in [-0.4, -0.2) is 47.7 Å². The Morgan fingerprint density at radius 1 is 1.60 bits per heavy atom. The van der Waals surface area contributed by atoms with Crippen LogP contribution in [0.1, 0.15) is 24.1 Å². The number of nitrogens with zero attached hydrogens (tertiary/aromatic N) is 1. The molecule has 0 aromatic carbocycles. The van der Waals surface area contributed by atoms with E-state index in [4.69, 9.17) is 21.4 Å². The van der Waals surface area contributed by atoms with Crippen molar-refractivity contribution >= 4 is 34.8 Å². The van der Waals surface area contributed by atoms with E-state index in [1.165, 1.54) is 11.3 Å². The van der Waals surface area contributed by atoms with Gasteiger partial charge < -0.3 is 14.7 Å². The summed E-state index contributed by atoms with van der Waals surface area (Å²) in [6, 6.07) is 3.20. The predicted molar refractivity (Wildman–Crippen MR) is 76.3 cm³/mol. The molecule has 2 atom stereocenters. The van der Waals surface area contributed by atoms with Gasteiger partial charge in [-0.25, -0.2) is 0 Å². The minimum atomic E-state index is -0.926. The van der Waals surface area contributed by atoms with E-state index in [1.54, 1.807) is 11.0 Å². The van der Waals surface area contributed by atoms with Crippen molar-refractivity contribution in [2.24, 2.45) is 0 Å². The first-order chi connectivity index (χ1) is 9.49. The molecule has 0 aliphatic carbocycles. The summed E-state index contributed by atoms with van der Waals surface area (Å²) in [5.41, 5.74) is 0. The van der Waals surface area contributed by atoms with Gasteiger partial charge in [0.25, 0.3) is 0 Å². The summed E-state index contributed by atoms with van der Waals surface area (Å²) in [6.45, 7) is 2.97. The summed E-state index contributed by atoms with van der Waals surface area (Å²) in [7, 11) is 0. The Kier molecular flexibility index (Phi) is 5.01. The molecule has 1 aromatic rings.